The van der Waals surface area contributed by atoms with Crippen molar-refractivity contribution in [2.45, 2.75) is 5.54 Å². The molecular formula is C29H25NO2. The summed E-state index contributed by atoms with van der Waals surface area (Å²) < 4.78 is 10.9. The van der Waals surface area contributed by atoms with Gasteiger partial charge in [-0.15, -0.1) is 0 Å². The van der Waals surface area contributed by atoms with Crippen LogP contribution >= 0.6 is 0 Å². The second-order valence-electron chi connectivity index (χ2n) is 7.83. The van der Waals surface area contributed by atoms with E-state index >= 15 is 0 Å². The molecule has 0 unspecified atom stereocenters. The van der Waals surface area contributed by atoms with Crippen LogP contribution in [0.25, 0.3) is 5.70 Å². The van der Waals surface area contributed by atoms with Crippen LogP contribution in [0.15, 0.2) is 110 Å². The van der Waals surface area contributed by atoms with Crippen LogP contribution in [0, 0.1) is 0 Å². The van der Waals surface area contributed by atoms with Crippen LogP contribution in [-0.2, 0) is 5.54 Å². The molecule has 5 rings (SSSR count). The number of ether oxygens (including phenoxy) is 2. The molecule has 4 aromatic rings. The number of anilines is 1. The van der Waals surface area contributed by atoms with Crippen LogP contribution in [0.4, 0.5) is 5.69 Å². The maximum Gasteiger partial charge on any atom is 0.121 e. The molecule has 0 spiro atoms. The fourth-order valence-electron chi connectivity index (χ4n) is 4.82. The Hall–Kier alpha value is -3.98. The molecule has 0 radical (unpaired) electrons. The fraction of sp³-hybridized carbons (Fsp3) is 0.103. The van der Waals surface area contributed by atoms with Gasteiger partial charge in [0.25, 0.3) is 0 Å². The number of rotatable bonds is 5. The molecule has 0 bridgehead atoms. The zero-order valence-electron chi connectivity index (χ0n) is 18.3. The first-order valence-corrected chi connectivity index (χ1v) is 10.6. The number of para-hydroxylation sites is 1. The van der Waals surface area contributed by atoms with E-state index in [9.17, 15) is 0 Å². The number of methoxy groups -OCH3 is 2. The molecule has 0 fully saturated rings. The normalized spacial score (nSPS) is 14.2. The third-order valence-electron chi connectivity index (χ3n) is 6.26. The van der Waals surface area contributed by atoms with Crippen LogP contribution in [0.1, 0.15) is 22.3 Å². The van der Waals surface area contributed by atoms with E-state index < -0.39 is 5.54 Å². The SMILES string of the molecule is C=C1c2ccccc2C(c2ccc(OC)cc2)(c2ccc(OC)cc2)N1c1ccccc1. The van der Waals surface area contributed by atoms with Crippen molar-refractivity contribution in [3.63, 3.8) is 0 Å². The second-order valence-corrected chi connectivity index (χ2v) is 7.83. The number of fused-ring (bicyclic) bond motifs is 1. The van der Waals surface area contributed by atoms with E-state index in [1.165, 1.54) is 5.56 Å². The molecule has 1 aliphatic heterocycles. The molecule has 0 atom stereocenters. The van der Waals surface area contributed by atoms with Crippen molar-refractivity contribution in [1.82, 2.24) is 0 Å². The highest BCUT2D eigenvalue weighted by atomic mass is 16.5. The molecule has 0 N–H and O–H groups in total. The van der Waals surface area contributed by atoms with Gasteiger partial charge in [0, 0.05) is 16.9 Å². The first-order valence-electron chi connectivity index (χ1n) is 10.6. The van der Waals surface area contributed by atoms with Gasteiger partial charge in [-0.25, -0.2) is 0 Å². The third kappa shape index (κ3) is 2.89. The molecule has 3 heteroatoms. The zero-order valence-corrected chi connectivity index (χ0v) is 18.3. The lowest BCUT2D eigenvalue weighted by Crippen LogP contribution is -2.42. The van der Waals surface area contributed by atoms with E-state index in [4.69, 9.17) is 9.47 Å². The fourth-order valence-corrected chi connectivity index (χ4v) is 4.82. The summed E-state index contributed by atoms with van der Waals surface area (Å²) in [6, 6.07) is 35.7. The smallest absolute Gasteiger partial charge is 0.121 e. The second kappa shape index (κ2) is 7.93. The molecule has 0 aliphatic carbocycles. The van der Waals surface area contributed by atoms with E-state index in [1.54, 1.807) is 14.2 Å². The van der Waals surface area contributed by atoms with E-state index in [0.29, 0.717) is 0 Å². The lowest BCUT2D eigenvalue weighted by molar-refractivity contribution is 0.414. The molecule has 1 heterocycles. The van der Waals surface area contributed by atoms with E-state index in [2.05, 4.69) is 84.3 Å². The largest absolute Gasteiger partial charge is 0.497 e. The summed E-state index contributed by atoms with van der Waals surface area (Å²) in [5.41, 5.74) is 6.08. The van der Waals surface area contributed by atoms with Crippen LogP contribution in [0.2, 0.25) is 0 Å². The zero-order chi connectivity index (χ0) is 22.1. The first-order chi connectivity index (χ1) is 15.7. The third-order valence-corrected chi connectivity index (χ3v) is 6.26. The van der Waals surface area contributed by atoms with Crippen molar-refractivity contribution < 1.29 is 9.47 Å². The number of hydrogen-bond acceptors (Lipinski definition) is 3. The van der Waals surface area contributed by atoms with Crippen molar-refractivity contribution >= 4 is 11.4 Å². The minimum atomic E-state index is -0.590. The van der Waals surface area contributed by atoms with Crippen LogP contribution in [0.3, 0.4) is 0 Å². The molecule has 0 saturated carbocycles. The summed E-state index contributed by atoms with van der Waals surface area (Å²) in [6.07, 6.45) is 0. The summed E-state index contributed by atoms with van der Waals surface area (Å²) in [7, 11) is 3.38. The summed E-state index contributed by atoms with van der Waals surface area (Å²) in [4.78, 5) is 2.35. The van der Waals surface area contributed by atoms with Crippen LogP contribution < -0.4 is 14.4 Å². The summed E-state index contributed by atoms with van der Waals surface area (Å²) in [5, 5.41) is 0. The van der Waals surface area contributed by atoms with Gasteiger partial charge in [0.1, 0.15) is 17.0 Å². The standard InChI is InChI=1S/C29H25NO2/c1-21-27-11-7-8-12-28(27)29(22-13-17-25(31-2)18-14-22,23-15-19-26(32-3)20-16-23)30(21)24-9-5-4-6-10-24/h4-20H,1H2,2-3H3. The number of nitrogens with zero attached hydrogens (tertiary/aromatic N) is 1. The molecule has 3 nitrogen and oxygen atoms in total. The van der Waals surface area contributed by atoms with Gasteiger partial charge in [0.05, 0.1) is 14.2 Å². The first kappa shape index (κ1) is 20.0. The van der Waals surface area contributed by atoms with Crippen molar-refractivity contribution in [2.24, 2.45) is 0 Å². The molecular weight excluding hydrogens is 394 g/mol. The molecule has 0 amide bonds. The van der Waals surface area contributed by atoms with Gasteiger partial charge in [-0.05, 0) is 53.1 Å². The average molecular weight is 420 g/mol. The predicted molar refractivity (Wildman–Crippen MR) is 130 cm³/mol. The molecule has 4 aromatic carbocycles. The van der Waals surface area contributed by atoms with Gasteiger partial charge in [-0.2, -0.15) is 0 Å². The van der Waals surface area contributed by atoms with Gasteiger partial charge in [0.2, 0.25) is 0 Å². The van der Waals surface area contributed by atoms with Crippen molar-refractivity contribution in [1.29, 1.82) is 0 Å². The molecule has 0 aromatic heterocycles. The number of hydrogen-bond donors (Lipinski definition) is 0. The Balaban J connectivity index is 1.87. The topological polar surface area (TPSA) is 21.7 Å². The van der Waals surface area contributed by atoms with Crippen molar-refractivity contribution in [3.05, 3.63) is 132 Å². The maximum atomic E-state index is 5.46. The van der Waals surface area contributed by atoms with Gasteiger partial charge < -0.3 is 14.4 Å². The monoisotopic (exact) mass is 419 g/mol. The Kier molecular flexibility index (Phi) is 4.95. The van der Waals surface area contributed by atoms with Gasteiger partial charge in [-0.3, -0.25) is 0 Å². The maximum absolute atomic E-state index is 5.46. The van der Waals surface area contributed by atoms with Crippen LogP contribution in [-0.4, -0.2) is 14.2 Å². The Labute approximate surface area is 189 Å². The number of benzene rings is 4. The minimum Gasteiger partial charge on any atom is -0.497 e. The highest BCUT2D eigenvalue weighted by Gasteiger charge is 2.50. The minimum absolute atomic E-state index is 0.590. The highest BCUT2D eigenvalue weighted by molar-refractivity contribution is 5.91. The molecule has 32 heavy (non-hydrogen) atoms. The van der Waals surface area contributed by atoms with Gasteiger partial charge >= 0.3 is 0 Å². The molecule has 1 aliphatic rings. The summed E-state index contributed by atoms with van der Waals surface area (Å²) in [6.45, 7) is 4.54. The van der Waals surface area contributed by atoms with Crippen molar-refractivity contribution in [2.75, 3.05) is 19.1 Å². The van der Waals surface area contributed by atoms with E-state index in [-0.39, 0.29) is 0 Å². The Morgan fingerprint density at radius 1 is 0.625 bits per heavy atom. The predicted octanol–water partition coefficient (Wildman–Crippen LogP) is 6.49. The Morgan fingerprint density at radius 2 is 1.12 bits per heavy atom. The summed E-state index contributed by atoms with van der Waals surface area (Å²) in [5.74, 6) is 1.66. The molecule has 0 saturated heterocycles. The average Bonchev–Trinajstić information content (AvgIpc) is 3.14. The van der Waals surface area contributed by atoms with E-state index in [0.717, 1.165) is 39.6 Å². The quantitative estimate of drug-likeness (QED) is 0.369. The van der Waals surface area contributed by atoms with Crippen LogP contribution in [0.5, 0.6) is 11.5 Å². The lowest BCUT2D eigenvalue weighted by Gasteiger charge is -2.42. The van der Waals surface area contributed by atoms with Crippen molar-refractivity contribution in [3.8, 4) is 11.5 Å². The highest BCUT2D eigenvalue weighted by Crippen LogP contribution is 2.55. The lowest BCUT2D eigenvalue weighted by atomic mass is 9.76. The summed E-state index contributed by atoms with van der Waals surface area (Å²) >= 11 is 0. The Bertz CT molecular complexity index is 1200. The van der Waals surface area contributed by atoms with Gasteiger partial charge in [-0.1, -0.05) is 73.3 Å². The molecule has 158 valence electrons. The Morgan fingerprint density at radius 3 is 1.66 bits per heavy atom. The van der Waals surface area contributed by atoms with E-state index in [1.807, 2.05) is 30.3 Å². The van der Waals surface area contributed by atoms with Gasteiger partial charge in [0.15, 0.2) is 0 Å².